The zero-order valence-corrected chi connectivity index (χ0v) is 6.12. The van der Waals surface area contributed by atoms with Gasteiger partial charge in [0.2, 0.25) is 0 Å². The van der Waals surface area contributed by atoms with Gasteiger partial charge in [-0.05, 0) is 6.42 Å². The molecule has 10 heavy (non-hydrogen) atoms. The summed E-state index contributed by atoms with van der Waals surface area (Å²) in [5.41, 5.74) is 5.71. The molecule has 3 nitrogen and oxygen atoms in total. The van der Waals surface area contributed by atoms with Crippen LogP contribution in [0.25, 0.3) is 0 Å². The molecule has 0 amide bonds. The third-order valence-electron chi connectivity index (χ3n) is 2.32. The summed E-state index contributed by atoms with van der Waals surface area (Å²) in [5, 5.41) is 0. The van der Waals surface area contributed by atoms with E-state index in [0.717, 1.165) is 26.3 Å². The van der Waals surface area contributed by atoms with Crippen LogP contribution in [-0.2, 0) is 4.74 Å². The highest BCUT2D eigenvalue weighted by Crippen LogP contribution is 2.25. The van der Waals surface area contributed by atoms with Gasteiger partial charge in [-0.2, -0.15) is 0 Å². The number of ether oxygens (including phenoxy) is 1. The Hall–Kier alpha value is -0.120. The van der Waals surface area contributed by atoms with Crippen molar-refractivity contribution in [3.05, 3.63) is 0 Å². The Morgan fingerprint density at radius 2 is 1.90 bits per heavy atom. The van der Waals surface area contributed by atoms with Crippen LogP contribution in [-0.4, -0.2) is 43.3 Å². The van der Waals surface area contributed by atoms with Gasteiger partial charge in [0, 0.05) is 25.2 Å². The first kappa shape index (κ1) is 6.58. The molecule has 2 unspecified atom stereocenters. The molecular weight excluding hydrogens is 128 g/mol. The fourth-order valence-corrected chi connectivity index (χ4v) is 1.53. The summed E-state index contributed by atoms with van der Waals surface area (Å²) in [7, 11) is 0. The van der Waals surface area contributed by atoms with Crippen molar-refractivity contribution in [2.24, 2.45) is 5.73 Å². The molecule has 2 aliphatic rings. The van der Waals surface area contributed by atoms with Gasteiger partial charge in [-0.25, -0.2) is 0 Å². The van der Waals surface area contributed by atoms with Gasteiger partial charge < -0.3 is 10.5 Å². The van der Waals surface area contributed by atoms with Gasteiger partial charge in [0.05, 0.1) is 13.2 Å². The van der Waals surface area contributed by atoms with Crippen LogP contribution >= 0.6 is 0 Å². The van der Waals surface area contributed by atoms with Crippen LogP contribution in [0.3, 0.4) is 0 Å². The number of nitrogens with zero attached hydrogens (tertiary/aromatic N) is 1. The molecule has 0 aromatic rings. The Morgan fingerprint density at radius 1 is 1.30 bits per heavy atom. The molecule has 3 heteroatoms. The Labute approximate surface area is 61.1 Å². The van der Waals surface area contributed by atoms with E-state index in [4.69, 9.17) is 10.5 Å². The van der Waals surface area contributed by atoms with Crippen molar-refractivity contribution in [3.63, 3.8) is 0 Å². The molecule has 2 rings (SSSR count). The minimum absolute atomic E-state index is 0.457. The second-order valence-corrected chi connectivity index (χ2v) is 3.12. The highest BCUT2D eigenvalue weighted by Gasteiger charge is 2.38. The molecule has 0 aromatic carbocycles. The van der Waals surface area contributed by atoms with Crippen molar-refractivity contribution in [1.29, 1.82) is 0 Å². The first-order chi connectivity index (χ1) is 4.88. The molecule has 0 spiro atoms. The predicted octanol–water partition coefficient (Wildman–Crippen LogP) is -0.582. The molecule has 1 aliphatic carbocycles. The molecule has 58 valence electrons. The van der Waals surface area contributed by atoms with E-state index in [1.165, 1.54) is 6.42 Å². The van der Waals surface area contributed by atoms with Gasteiger partial charge in [0.25, 0.3) is 0 Å². The summed E-state index contributed by atoms with van der Waals surface area (Å²) in [4.78, 5) is 2.44. The molecule has 1 saturated carbocycles. The topological polar surface area (TPSA) is 38.5 Å². The van der Waals surface area contributed by atoms with Crippen molar-refractivity contribution in [3.8, 4) is 0 Å². The zero-order valence-electron chi connectivity index (χ0n) is 6.12. The normalized spacial score (nSPS) is 41.7. The Bertz CT molecular complexity index is 123. The second-order valence-electron chi connectivity index (χ2n) is 3.12. The van der Waals surface area contributed by atoms with E-state index in [0.29, 0.717) is 12.1 Å². The number of hydrogen-bond acceptors (Lipinski definition) is 3. The third kappa shape index (κ3) is 1.17. The average Bonchev–Trinajstić information content (AvgIpc) is 2.69. The lowest BCUT2D eigenvalue weighted by atomic mass is 10.4. The number of rotatable bonds is 1. The lowest BCUT2D eigenvalue weighted by molar-refractivity contribution is 0.0332. The number of hydrogen-bond donors (Lipinski definition) is 1. The van der Waals surface area contributed by atoms with E-state index in [9.17, 15) is 0 Å². The third-order valence-corrected chi connectivity index (χ3v) is 2.32. The summed E-state index contributed by atoms with van der Waals surface area (Å²) in [6, 6.07) is 1.14. The Balaban J connectivity index is 1.81. The Kier molecular flexibility index (Phi) is 1.64. The minimum atomic E-state index is 0.457. The molecule has 0 aromatic heterocycles. The standard InChI is InChI=1S/C7H14N2O/c8-6-5-7(6)9-1-3-10-4-2-9/h6-7H,1-5,8H2. The molecule has 2 N–H and O–H groups in total. The van der Waals surface area contributed by atoms with Gasteiger partial charge in [-0.15, -0.1) is 0 Å². The first-order valence-electron chi connectivity index (χ1n) is 3.95. The monoisotopic (exact) mass is 142 g/mol. The summed E-state index contributed by atoms with van der Waals surface area (Å²) in [6.07, 6.45) is 1.19. The lowest BCUT2D eigenvalue weighted by Gasteiger charge is -2.26. The van der Waals surface area contributed by atoms with Gasteiger partial charge >= 0.3 is 0 Å². The van der Waals surface area contributed by atoms with E-state index in [2.05, 4.69) is 4.90 Å². The van der Waals surface area contributed by atoms with E-state index in [1.807, 2.05) is 0 Å². The molecular formula is C7H14N2O. The molecule has 1 aliphatic heterocycles. The van der Waals surface area contributed by atoms with Crippen molar-refractivity contribution in [2.45, 2.75) is 18.5 Å². The summed E-state index contributed by atoms with van der Waals surface area (Å²) < 4.78 is 5.23. The maximum atomic E-state index is 5.71. The molecule has 1 heterocycles. The van der Waals surface area contributed by atoms with E-state index in [-0.39, 0.29) is 0 Å². The van der Waals surface area contributed by atoms with Crippen molar-refractivity contribution in [1.82, 2.24) is 4.90 Å². The van der Waals surface area contributed by atoms with Crippen LogP contribution in [0.5, 0.6) is 0 Å². The molecule has 2 atom stereocenters. The zero-order chi connectivity index (χ0) is 6.97. The van der Waals surface area contributed by atoms with Gasteiger partial charge in [0.15, 0.2) is 0 Å². The van der Waals surface area contributed by atoms with Crippen molar-refractivity contribution >= 4 is 0 Å². The van der Waals surface area contributed by atoms with Crippen molar-refractivity contribution in [2.75, 3.05) is 26.3 Å². The fourth-order valence-electron chi connectivity index (χ4n) is 1.53. The first-order valence-corrected chi connectivity index (χ1v) is 3.95. The molecule has 0 radical (unpaired) electrons. The quantitative estimate of drug-likeness (QED) is 0.532. The average molecular weight is 142 g/mol. The van der Waals surface area contributed by atoms with Crippen LogP contribution in [0.15, 0.2) is 0 Å². The largest absolute Gasteiger partial charge is 0.379 e. The molecule has 0 bridgehead atoms. The van der Waals surface area contributed by atoms with Crippen LogP contribution in [0.2, 0.25) is 0 Å². The SMILES string of the molecule is NC1CC1N1CCOCC1. The lowest BCUT2D eigenvalue weighted by Crippen LogP contribution is -2.39. The van der Waals surface area contributed by atoms with Gasteiger partial charge in [-0.1, -0.05) is 0 Å². The highest BCUT2D eigenvalue weighted by molar-refractivity contribution is 4.99. The Morgan fingerprint density at radius 3 is 2.40 bits per heavy atom. The van der Waals surface area contributed by atoms with E-state index >= 15 is 0 Å². The summed E-state index contributed by atoms with van der Waals surface area (Å²) >= 11 is 0. The van der Waals surface area contributed by atoms with E-state index < -0.39 is 0 Å². The van der Waals surface area contributed by atoms with Crippen LogP contribution in [0.1, 0.15) is 6.42 Å². The van der Waals surface area contributed by atoms with E-state index in [1.54, 1.807) is 0 Å². The maximum absolute atomic E-state index is 5.71. The van der Waals surface area contributed by atoms with Crippen LogP contribution in [0.4, 0.5) is 0 Å². The van der Waals surface area contributed by atoms with Gasteiger partial charge in [0.1, 0.15) is 0 Å². The van der Waals surface area contributed by atoms with Crippen LogP contribution in [0, 0.1) is 0 Å². The predicted molar refractivity (Wildman–Crippen MR) is 38.8 cm³/mol. The van der Waals surface area contributed by atoms with Gasteiger partial charge in [-0.3, -0.25) is 4.90 Å². The van der Waals surface area contributed by atoms with Crippen molar-refractivity contribution < 1.29 is 4.74 Å². The number of morpholine rings is 1. The summed E-state index contributed by atoms with van der Waals surface area (Å²) in [5.74, 6) is 0. The number of nitrogens with two attached hydrogens (primary N) is 1. The van der Waals surface area contributed by atoms with Crippen LogP contribution < -0.4 is 5.73 Å². The smallest absolute Gasteiger partial charge is 0.0594 e. The molecule has 2 fully saturated rings. The maximum Gasteiger partial charge on any atom is 0.0594 e. The second kappa shape index (κ2) is 2.49. The minimum Gasteiger partial charge on any atom is -0.379 e. The fraction of sp³-hybridized carbons (Fsp3) is 1.00. The molecule has 1 saturated heterocycles. The highest BCUT2D eigenvalue weighted by atomic mass is 16.5. The summed E-state index contributed by atoms with van der Waals surface area (Å²) in [6.45, 7) is 3.95.